The minimum Gasteiger partial charge on any atom is -0.388 e. The van der Waals surface area contributed by atoms with Crippen molar-refractivity contribution in [2.45, 2.75) is 38.6 Å². The molecule has 1 aromatic heterocycles. The van der Waals surface area contributed by atoms with E-state index in [4.69, 9.17) is 0 Å². The minimum atomic E-state index is -4.28. The van der Waals surface area contributed by atoms with Gasteiger partial charge in [-0.1, -0.05) is 13.3 Å². The number of aliphatic hydroxyl groups excluding tert-OH is 1. The van der Waals surface area contributed by atoms with Crippen LogP contribution in [0.1, 0.15) is 31.4 Å². The van der Waals surface area contributed by atoms with Crippen LogP contribution in [0.3, 0.4) is 0 Å². The van der Waals surface area contributed by atoms with Crippen molar-refractivity contribution >= 4 is 0 Å². The van der Waals surface area contributed by atoms with Gasteiger partial charge in [-0.3, -0.25) is 0 Å². The van der Waals surface area contributed by atoms with Gasteiger partial charge in [0.1, 0.15) is 6.61 Å². The number of aliphatic hydroxyl groups is 1. The van der Waals surface area contributed by atoms with Gasteiger partial charge >= 0.3 is 6.18 Å². The summed E-state index contributed by atoms with van der Waals surface area (Å²) in [5.41, 5.74) is 0.785. The van der Waals surface area contributed by atoms with Gasteiger partial charge in [0.2, 0.25) is 0 Å². The lowest BCUT2D eigenvalue weighted by molar-refractivity contribution is -0.174. The van der Waals surface area contributed by atoms with Crippen LogP contribution in [0.15, 0.2) is 18.5 Å². The lowest BCUT2D eigenvalue weighted by Gasteiger charge is -2.08. The first-order valence-corrected chi connectivity index (χ1v) is 5.90. The van der Waals surface area contributed by atoms with Crippen LogP contribution in [0.2, 0.25) is 0 Å². The molecule has 104 valence electrons. The Morgan fingerprint density at radius 2 is 2.17 bits per heavy atom. The maximum absolute atomic E-state index is 11.8. The smallest absolute Gasteiger partial charge is 0.388 e. The molecule has 18 heavy (non-hydrogen) atoms. The van der Waals surface area contributed by atoms with Crippen molar-refractivity contribution in [2.75, 3.05) is 13.2 Å². The summed E-state index contributed by atoms with van der Waals surface area (Å²) in [5, 5.41) is 9.72. The summed E-state index contributed by atoms with van der Waals surface area (Å²) < 4.78 is 41.7. The molecule has 0 radical (unpaired) electrons. The lowest BCUT2D eigenvalue weighted by atomic mass is 10.1. The third kappa shape index (κ3) is 5.55. The van der Waals surface area contributed by atoms with E-state index in [1.807, 2.05) is 6.92 Å². The van der Waals surface area contributed by atoms with Crippen molar-refractivity contribution in [1.29, 1.82) is 0 Å². The van der Waals surface area contributed by atoms with Gasteiger partial charge in [0.05, 0.1) is 12.7 Å². The second kappa shape index (κ2) is 6.80. The third-order valence-electron chi connectivity index (χ3n) is 2.48. The zero-order valence-corrected chi connectivity index (χ0v) is 10.3. The Bertz CT molecular complexity index is 349. The number of halogens is 3. The van der Waals surface area contributed by atoms with Crippen molar-refractivity contribution in [3.05, 3.63) is 24.0 Å². The van der Waals surface area contributed by atoms with Gasteiger partial charge in [-0.05, 0) is 18.1 Å². The van der Waals surface area contributed by atoms with Crippen LogP contribution in [0.5, 0.6) is 0 Å². The Kier molecular flexibility index (Phi) is 5.68. The number of alkyl halides is 3. The maximum Gasteiger partial charge on any atom is 0.411 e. The maximum atomic E-state index is 11.8. The number of ether oxygens (including phenoxy) is 1. The largest absolute Gasteiger partial charge is 0.411 e. The van der Waals surface area contributed by atoms with Crippen molar-refractivity contribution in [2.24, 2.45) is 0 Å². The van der Waals surface area contributed by atoms with E-state index in [2.05, 4.69) is 4.74 Å². The molecule has 1 N–H and O–H groups in total. The first-order chi connectivity index (χ1) is 8.42. The molecule has 0 aliphatic heterocycles. The topological polar surface area (TPSA) is 34.4 Å². The first kappa shape index (κ1) is 15.0. The van der Waals surface area contributed by atoms with E-state index in [0.717, 1.165) is 12.0 Å². The molecular weight excluding hydrogens is 247 g/mol. The van der Waals surface area contributed by atoms with Crippen LogP contribution >= 0.6 is 0 Å². The third-order valence-corrected chi connectivity index (χ3v) is 2.48. The second-order valence-electron chi connectivity index (χ2n) is 4.15. The first-order valence-electron chi connectivity index (χ1n) is 5.90. The van der Waals surface area contributed by atoms with Crippen molar-refractivity contribution in [3.63, 3.8) is 0 Å². The molecule has 6 heteroatoms. The number of rotatable bonds is 7. The van der Waals surface area contributed by atoms with Gasteiger partial charge in [-0.25, -0.2) is 0 Å². The summed E-state index contributed by atoms with van der Waals surface area (Å²) in [5.74, 6) is 0. The van der Waals surface area contributed by atoms with Gasteiger partial charge in [0.15, 0.2) is 0 Å². The van der Waals surface area contributed by atoms with Crippen LogP contribution in [0.25, 0.3) is 0 Å². The van der Waals surface area contributed by atoms with Crippen molar-refractivity contribution < 1.29 is 23.0 Å². The molecule has 0 spiro atoms. The highest BCUT2D eigenvalue weighted by Crippen LogP contribution is 2.18. The molecule has 3 nitrogen and oxygen atoms in total. The predicted octanol–water partition coefficient (Wildman–Crippen LogP) is 2.90. The Morgan fingerprint density at radius 1 is 1.44 bits per heavy atom. The SMILES string of the molecule is CCCC(O)c1ccn(CCOCC(F)(F)F)c1. The summed E-state index contributed by atoms with van der Waals surface area (Å²) in [6.07, 6.45) is 0.226. The Morgan fingerprint density at radius 3 is 2.78 bits per heavy atom. The molecule has 0 aliphatic carbocycles. The molecule has 0 bridgehead atoms. The van der Waals surface area contributed by atoms with Gasteiger partial charge in [-0.15, -0.1) is 0 Å². The van der Waals surface area contributed by atoms with Crippen LogP contribution in [-0.2, 0) is 11.3 Å². The Labute approximate surface area is 104 Å². The Balaban J connectivity index is 2.31. The van der Waals surface area contributed by atoms with Gasteiger partial charge < -0.3 is 14.4 Å². The van der Waals surface area contributed by atoms with E-state index < -0.39 is 18.9 Å². The zero-order valence-electron chi connectivity index (χ0n) is 10.3. The normalized spacial score (nSPS) is 13.8. The van der Waals surface area contributed by atoms with E-state index in [1.54, 1.807) is 23.0 Å². The lowest BCUT2D eigenvalue weighted by Crippen LogP contribution is -2.18. The number of aromatic nitrogens is 1. The highest BCUT2D eigenvalue weighted by Gasteiger charge is 2.27. The van der Waals surface area contributed by atoms with E-state index in [-0.39, 0.29) is 6.61 Å². The van der Waals surface area contributed by atoms with Gasteiger partial charge in [-0.2, -0.15) is 13.2 Å². The summed E-state index contributed by atoms with van der Waals surface area (Å²) in [6.45, 7) is 1.09. The van der Waals surface area contributed by atoms with Gasteiger partial charge in [0, 0.05) is 18.9 Å². The second-order valence-corrected chi connectivity index (χ2v) is 4.15. The summed E-state index contributed by atoms with van der Waals surface area (Å²) in [7, 11) is 0. The molecular formula is C12H18F3NO2. The summed E-state index contributed by atoms with van der Waals surface area (Å²) in [4.78, 5) is 0. The Hall–Kier alpha value is -1.01. The van der Waals surface area contributed by atoms with E-state index in [0.29, 0.717) is 13.0 Å². The number of hydrogen-bond acceptors (Lipinski definition) is 2. The predicted molar refractivity (Wildman–Crippen MR) is 61.2 cm³/mol. The fourth-order valence-electron chi connectivity index (χ4n) is 1.59. The molecule has 0 amide bonds. The molecule has 0 saturated heterocycles. The standard InChI is InChI=1S/C12H18F3NO2/c1-2-3-11(17)10-4-5-16(8-10)6-7-18-9-12(13,14)15/h4-5,8,11,17H,2-3,6-7,9H2,1H3. The average Bonchev–Trinajstić information content (AvgIpc) is 2.72. The fraction of sp³-hybridized carbons (Fsp3) is 0.667. The molecule has 0 saturated carbocycles. The summed E-state index contributed by atoms with van der Waals surface area (Å²) >= 11 is 0. The molecule has 0 aromatic carbocycles. The van der Waals surface area contributed by atoms with Crippen molar-refractivity contribution in [3.8, 4) is 0 Å². The number of hydrogen-bond donors (Lipinski definition) is 1. The summed E-state index contributed by atoms with van der Waals surface area (Å²) in [6, 6.07) is 1.77. The van der Waals surface area contributed by atoms with E-state index >= 15 is 0 Å². The molecule has 1 aromatic rings. The minimum absolute atomic E-state index is 0.00248. The molecule has 1 rings (SSSR count). The van der Waals surface area contributed by atoms with Crippen LogP contribution in [0.4, 0.5) is 13.2 Å². The number of nitrogens with zero attached hydrogens (tertiary/aromatic N) is 1. The zero-order chi connectivity index (χ0) is 13.6. The molecule has 1 atom stereocenters. The van der Waals surface area contributed by atoms with Crippen molar-refractivity contribution in [1.82, 2.24) is 4.57 Å². The van der Waals surface area contributed by atoms with E-state index in [9.17, 15) is 18.3 Å². The molecule has 1 heterocycles. The highest BCUT2D eigenvalue weighted by molar-refractivity contribution is 5.13. The monoisotopic (exact) mass is 265 g/mol. The van der Waals surface area contributed by atoms with E-state index in [1.165, 1.54) is 0 Å². The quantitative estimate of drug-likeness (QED) is 0.769. The highest BCUT2D eigenvalue weighted by atomic mass is 19.4. The van der Waals surface area contributed by atoms with Crippen LogP contribution < -0.4 is 0 Å². The van der Waals surface area contributed by atoms with Crippen LogP contribution in [0, 0.1) is 0 Å². The van der Waals surface area contributed by atoms with Gasteiger partial charge in [0.25, 0.3) is 0 Å². The average molecular weight is 265 g/mol. The fourth-order valence-corrected chi connectivity index (χ4v) is 1.59. The molecule has 0 aliphatic rings. The van der Waals surface area contributed by atoms with Crippen LogP contribution in [-0.4, -0.2) is 29.1 Å². The molecule has 0 fully saturated rings. The molecule has 1 unspecified atom stereocenters.